The maximum atomic E-state index is 11.9. The van der Waals surface area contributed by atoms with Gasteiger partial charge in [-0.3, -0.25) is 14.9 Å². The third-order valence-corrected chi connectivity index (χ3v) is 3.80. The molecule has 0 fully saturated rings. The van der Waals surface area contributed by atoms with Crippen LogP contribution >= 0.6 is 15.9 Å². The van der Waals surface area contributed by atoms with Gasteiger partial charge in [-0.15, -0.1) is 0 Å². The van der Waals surface area contributed by atoms with Crippen molar-refractivity contribution < 1.29 is 24.4 Å². The van der Waals surface area contributed by atoms with Crippen LogP contribution in [-0.2, 0) is 9.53 Å². The number of non-ortho nitro benzene ring substituents is 1. The standard InChI is InChI=1S/C16H13BrN2O6/c1-9-2-4-11(14(20)6-9)16(22)25-8-15(21)18-13-5-3-10(19(23)24)7-12(13)17/h2-7,20H,8H2,1H3,(H,18,21). The summed E-state index contributed by atoms with van der Waals surface area (Å²) in [5, 5.41) is 22.8. The first-order valence-corrected chi connectivity index (χ1v) is 7.78. The molecule has 2 N–H and O–H groups in total. The lowest BCUT2D eigenvalue weighted by Crippen LogP contribution is -2.21. The number of phenolic OH excluding ortho intramolecular Hbond substituents is 1. The fourth-order valence-corrected chi connectivity index (χ4v) is 2.39. The van der Waals surface area contributed by atoms with E-state index in [1.165, 1.54) is 30.3 Å². The number of nitro benzene ring substituents is 1. The Morgan fingerprint density at radius 1 is 1.28 bits per heavy atom. The van der Waals surface area contributed by atoms with Crippen LogP contribution in [0.2, 0.25) is 0 Å². The summed E-state index contributed by atoms with van der Waals surface area (Å²) in [6.07, 6.45) is 0. The molecule has 0 atom stereocenters. The van der Waals surface area contributed by atoms with Crippen molar-refractivity contribution in [3.05, 3.63) is 62.1 Å². The fourth-order valence-electron chi connectivity index (χ4n) is 1.93. The summed E-state index contributed by atoms with van der Waals surface area (Å²) in [6, 6.07) is 8.27. The quantitative estimate of drug-likeness (QED) is 0.445. The molecule has 0 heterocycles. The molecule has 8 nitrogen and oxygen atoms in total. The van der Waals surface area contributed by atoms with Crippen LogP contribution in [0.25, 0.3) is 0 Å². The molecule has 0 aliphatic rings. The van der Waals surface area contributed by atoms with E-state index in [4.69, 9.17) is 4.74 Å². The highest BCUT2D eigenvalue weighted by Gasteiger charge is 2.16. The molecular formula is C16H13BrN2O6. The van der Waals surface area contributed by atoms with Gasteiger partial charge >= 0.3 is 5.97 Å². The molecule has 2 rings (SSSR count). The maximum Gasteiger partial charge on any atom is 0.342 e. The first kappa shape index (κ1) is 18.4. The van der Waals surface area contributed by atoms with Crippen molar-refractivity contribution in [1.29, 1.82) is 0 Å². The average molecular weight is 409 g/mol. The zero-order valence-electron chi connectivity index (χ0n) is 13.0. The van der Waals surface area contributed by atoms with Gasteiger partial charge in [0.05, 0.1) is 10.6 Å². The number of carbonyl (C=O) groups excluding carboxylic acids is 2. The molecule has 2 aromatic rings. The summed E-state index contributed by atoms with van der Waals surface area (Å²) < 4.78 is 5.17. The number of aromatic hydroxyl groups is 1. The zero-order valence-corrected chi connectivity index (χ0v) is 14.6. The Balaban J connectivity index is 1.96. The second-order valence-corrected chi connectivity index (χ2v) is 5.92. The van der Waals surface area contributed by atoms with Crippen LogP contribution in [0.4, 0.5) is 11.4 Å². The predicted octanol–water partition coefficient (Wildman–Crippen LogP) is 3.17. The van der Waals surface area contributed by atoms with Crippen molar-refractivity contribution in [3.63, 3.8) is 0 Å². The molecule has 9 heteroatoms. The van der Waals surface area contributed by atoms with E-state index in [0.717, 1.165) is 5.56 Å². The maximum absolute atomic E-state index is 11.9. The number of nitro groups is 1. The van der Waals surface area contributed by atoms with Crippen LogP contribution in [0.15, 0.2) is 40.9 Å². The van der Waals surface area contributed by atoms with Crippen LogP contribution in [-0.4, -0.2) is 28.5 Å². The minimum absolute atomic E-state index is 0.0464. The van der Waals surface area contributed by atoms with Gasteiger partial charge in [0.2, 0.25) is 0 Å². The molecule has 0 bridgehead atoms. The Hall–Kier alpha value is -2.94. The number of ether oxygens (including phenoxy) is 1. The summed E-state index contributed by atoms with van der Waals surface area (Å²) >= 11 is 3.12. The first-order chi connectivity index (χ1) is 11.8. The zero-order chi connectivity index (χ0) is 18.6. The molecule has 25 heavy (non-hydrogen) atoms. The smallest absolute Gasteiger partial charge is 0.342 e. The van der Waals surface area contributed by atoms with Gasteiger partial charge < -0.3 is 15.2 Å². The molecule has 0 radical (unpaired) electrons. The highest BCUT2D eigenvalue weighted by Crippen LogP contribution is 2.27. The van der Waals surface area contributed by atoms with Gasteiger partial charge in [-0.2, -0.15) is 0 Å². The van der Waals surface area contributed by atoms with E-state index >= 15 is 0 Å². The van der Waals surface area contributed by atoms with Gasteiger partial charge in [-0.25, -0.2) is 4.79 Å². The van der Waals surface area contributed by atoms with Gasteiger partial charge in [0.15, 0.2) is 6.61 Å². The molecule has 1 amide bonds. The first-order valence-electron chi connectivity index (χ1n) is 6.98. The highest BCUT2D eigenvalue weighted by molar-refractivity contribution is 9.10. The lowest BCUT2D eigenvalue weighted by atomic mass is 10.1. The van der Waals surface area contributed by atoms with Crippen molar-refractivity contribution in [1.82, 2.24) is 0 Å². The number of amides is 1. The van der Waals surface area contributed by atoms with Gasteiger partial charge in [0.25, 0.3) is 11.6 Å². The second kappa shape index (κ2) is 7.75. The Labute approximate surface area is 150 Å². The number of benzene rings is 2. The van der Waals surface area contributed by atoms with Crippen LogP contribution in [0.3, 0.4) is 0 Å². The number of hydrogen-bond acceptors (Lipinski definition) is 6. The van der Waals surface area contributed by atoms with Crippen molar-refractivity contribution in [2.24, 2.45) is 0 Å². The number of halogens is 1. The summed E-state index contributed by atoms with van der Waals surface area (Å²) in [6.45, 7) is 1.18. The summed E-state index contributed by atoms with van der Waals surface area (Å²) in [5.41, 5.74) is 0.890. The van der Waals surface area contributed by atoms with Crippen molar-refractivity contribution in [2.75, 3.05) is 11.9 Å². The summed E-state index contributed by atoms with van der Waals surface area (Å²) in [5.74, 6) is -1.70. The van der Waals surface area contributed by atoms with E-state index < -0.39 is 23.4 Å². The molecule has 0 saturated carbocycles. The topological polar surface area (TPSA) is 119 Å². The predicted molar refractivity (Wildman–Crippen MR) is 92.6 cm³/mol. The largest absolute Gasteiger partial charge is 0.507 e. The second-order valence-electron chi connectivity index (χ2n) is 5.07. The molecule has 130 valence electrons. The number of phenols is 1. The van der Waals surface area contributed by atoms with E-state index in [-0.39, 0.29) is 17.0 Å². The summed E-state index contributed by atoms with van der Waals surface area (Å²) in [4.78, 5) is 33.8. The van der Waals surface area contributed by atoms with Crippen molar-refractivity contribution >= 4 is 39.2 Å². The Bertz CT molecular complexity index is 853. The van der Waals surface area contributed by atoms with Crippen molar-refractivity contribution in [3.8, 4) is 5.75 Å². The Kier molecular flexibility index (Phi) is 5.71. The average Bonchev–Trinajstić information content (AvgIpc) is 2.54. The monoisotopic (exact) mass is 408 g/mol. The van der Waals surface area contributed by atoms with Gasteiger partial charge in [-0.05, 0) is 46.6 Å². The highest BCUT2D eigenvalue weighted by atomic mass is 79.9. The Morgan fingerprint density at radius 3 is 2.60 bits per heavy atom. The number of esters is 1. The van der Waals surface area contributed by atoms with Crippen molar-refractivity contribution in [2.45, 2.75) is 6.92 Å². The van der Waals surface area contributed by atoms with E-state index in [1.807, 2.05) is 0 Å². The lowest BCUT2D eigenvalue weighted by molar-refractivity contribution is -0.384. The molecule has 2 aromatic carbocycles. The van der Waals surface area contributed by atoms with Gasteiger partial charge in [-0.1, -0.05) is 6.07 Å². The van der Waals surface area contributed by atoms with Crippen LogP contribution in [0.5, 0.6) is 5.75 Å². The fraction of sp³-hybridized carbons (Fsp3) is 0.125. The Morgan fingerprint density at radius 2 is 2.00 bits per heavy atom. The van der Waals surface area contributed by atoms with E-state index in [0.29, 0.717) is 10.2 Å². The number of anilines is 1. The SMILES string of the molecule is Cc1ccc(C(=O)OCC(=O)Nc2ccc([N+](=O)[O-])cc2Br)c(O)c1. The normalized spacial score (nSPS) is 10.2. The lowest BCUT2D eigenvalue weighted by Gasteiger charge is -2.09. The molecule has 0 aromatic heterocycles. The molecule has 0 aliphatic carbocycles. The molecule has 0 saturated heterocycles. The number of nitrogens with zero attached hydrogens (tertiary/aromatic N) is 1. The molecular weight excluding hydrogens is 396 g/mol. The van der Waals surface area contributed by atoms with Gasteiger partial charge in [0, 0.05) is 16.6 Å². The number of rotatable bonds is 5. The minimum Gasteiger partial charge on any atom is -0.507 e. The molecule has 0 aliphatic heterocycles. The van der Waals surface area contributed by atoms with E-state index in [1.54, 1.807) is 13.0 Å². The third kappa shape index (κ3) is 4.77. The molecule has 0 unspecified atom stereocenters. The number of nitrogens with one attached hydrogen (secondary N) is 1. The van der Waals surface area contributed by atoms with Gasteiger partial charge in [0.1, 0.15) is 11.3 Å². The number of hydrogen-bond donors (Lipinski definition) is 2. The van der Waals surface area contributed by atoms with E-state index in [9.17, 15) is 24.8 Å². The van der Waals surface area contributed by atoms with Crippen LogP contribution in [0.1, 0.15) is 15.9 Å². The molecule has 0 spiro atoms. The summed E-state index contributed by atoms with van der Waals surface area (Å²) in [7, 11) is 0. The number of aryl methyl sites for hydroxylation is 1. The van der Waals surface area contributed by atoms with Crippen LogP contribution in [0, 0.1) is 17.0 Å². The van der Waals surface area contributed by atoms with E-state index in [2.05, 4.69) is 21.2 Å². The number of carbonyl (C=O) groups is 2. The third-order valence-electron chi connectivity index (χ3n) is 3.15. The van der Waals surface area contributed by atoms with Crippen LogP contribution < -0.4 is 5.32 Å². The minimum atomic E-state index is -0.838.